The van der Waals surface area contributed by atoms with Crippen LogP contribution in [-0.4, -0.2) is 5.90 Å². The van der Waals surface area contributed by atoms with E-state index < -0.39 is 0 Å². The lowest BCUT2D eigenvalue weighted by atomic mass is 10.1. The number of para-hydroxylation sites is 2. The van der Waals surface area contributed by atoms with Crippen molar-refractivity contribution >= 4 is 11.6 Å². The van der Waals surface area contributed by atoms with Gasteiger partial charge in [-0.15, -0.1) is 0 Å². The summed E-state index contributed by atoms with van der Waals surface area (Å²) in [4.78, 5) is 4.71. The summed E-state index contributed by atoms with van der Waals surface area (Å²) in [6, 6.07) is 25.8. The van der Waals surface area contributed by atoms with E-state index in [-0.39, 0.29) is 0 Å². The van der Waals surface area contributed by atoms with Crippen LogP contribution in [0.1, 0.15) is 24.5 Å². The van der Waals surface area contributed by atoms with E-state index >= 15 is 0 Å². The van der Waals surface area contributed by atoms with E-state index in [2.05, 4.69) is 12.1 Å². The van der Waals surface area contributed by atoms with Crippen LogP contribution in [0.2, 0.25) is 0 Å². The number of fused-ring (bicyclic) bond motifs is 1. The lowest BCUT2D eigenvalue weighted by Crippen LogP contribution is -2.11. The zero-order valence-corrected chi connectivity index (χ0v) is 16.0. The number of hydrogen-bond donors (Lipinski definition) is 0. The third-order valence-electron chi connectivity index (χ3n) is 4.72. The molecule has 0 fully saturated rings. The molecule has 0 spiro atoms. The number of benzene rings is 3. The molecule has 0 saturated heterocycles. The Morgan fingerprint density at radius 1 is 0.821 bits per heavy atom. The van der Waals surface area contributed by atoms with Gasteiger partial charge in [-0.1, -0.05) is 42.5 Å². The van der Waals surface area contributed by atoms with Gasteiger partial charge >= 0.3 is 0 Å². The zero-order valence-electron chi connectivity index (χ0n) is 16.0. The van der Waals surface area contributed by atoms with Crippen LogP contribution in [0.3, 0.4) is 0 Å². The van der Waals surface area contributed by atoms with Crippen molar-refractivity contribution in [2.24, 2.45) is 4.99 Å². The smallest absolute Gasteiger partial charge is 0.225 e. The fraction of sp³-hybridized carbons (Fsp3) is 0.160. The first-order valence-electron chi connectivity index (χ1n) is 9.60. The zero-order chi connectivity index (χ0) is 19.2. The number of aliphatic imine (C=N–C) groups is 1. The molecule has 3 nitrogen and oxygen atoms in total. The van der Waals surface area contributed by atoms with Crippen molar-refractivity contribution in [3.05, 3.63) is 102 Å². The summed E-state index contributed by atoms with van der Waals surface area (Å²) >= 11 is 0. The molecule has 1 aliphatic rings. The Bertz CT molecular complexity index is 992. The van der Waals surface area contributed by atoms with Crippen molar-refractivity contribution in [2.45, 2.75) is 26.2 Å². The molecule has 3 heteroatoms. The molecule has 0 aliphatic heterocycles. The molecule has 28 heavy (non-hydrogen) atoms. The Kier molecular flexibility index (Phi) is 5.53. The maximum absolute atomic E-state index is 6.20. The van der Waals surface area contributed by atoms with Gasteiger partial charge in [-0.2, -0.15) is 0 Å². The van der Waals surface area contributed by atoms with Gasteiger partial charge in [0.05, 0.1) is 11.9 Å². The van der Waals surface area contributed by atoms with Gasteiger partial charge in [-0.25, -0.2) is 4.99 Å². The summed E-state index contributed by atoms with van der Waals surface area (Å²) < 4.78 is 12.0. The fourth-order valence-electron chi connectivity index (χ4n) is 3.24. The van der Waals surface area contributed by atoms with Crippen molar-refractivity contribution in [2.75, 3.05) is 0 Å². The average molecular weight is 369 g/mol. The summed E-state index contributed by atoms with van der Waals surface area (Å²) in [5.74, 6) is 2.11. The lowest BCUT2D eigenvalue weighted by Gasteiger charge is -2.11. The second-order valence-corrected chi connectivity index (χ2v) is 6.87. The van der Waals surface area contributed by atoms with E-state index in [4.69, 9.17) is 14.5 Å². The number of hydrogen-bond acceptors (Lipinski definition) is 3. The first-order chi connectivity index (χ1) is 13.8. The van der Waals surface area contributed by atoms with Crippen LogP contribution in [0.4, 0.5) is 5.69 Å². The van der Waals surface area contributed by atoms with E-state index in [1.807, 2.05) is 73.7 Å². The van der Waals surface area contributed by atoms with E-state index in [1.54, 1.807) is 6.26 Å². The van der Waals surface area contributed by atoms with Gasteiger partial charge in [-0.05, 0) is 73.7 Å². The predicted molar refractivity (Wildman–Crippen MR) is 113 cm³/mol. The molecule has 0 saturated carbocycles. The number of ether oxygens (including phenoxy) is 2. The van der Waals surface area contributed by atoms with Gasteiger partial charge in [-0.3, -0.25) is 0 Å². The summed E-state index contributed by atoms with van der Waals surface area (Å²) in [6.45, 7) is 1.94. The SMILES string of the molecule is CC(=C\Oc1ccccc1)/C(=N/c1ccccc1)Oc1ccc2c(c1)CCC2. The van der Waals surface area contributed by atoms with Crippen molar-refractivity contribution in [1.29, 1.82) is 0 Å². The maximum Gasteiger partial charge on any atom is 0.225 e. The summed E-state index contributed by atoms with van der Waals surface area (Å²) in [5.41, 5.74) is 4.45. The highest BCUT2D eigenvalue weighted by Crippen LogP contribution is 2.27. The van der Waals surface area contributed by atoms with Crippen LogP contribution in [0.25, 0.3) is 0 Å². The molecule has 0 heterocycles. The van der Waals surface area contributed by atoms with Crippen LogP contribution in [0.15, 0.2) is 95.7 Å². The minimum atomic E-state index is 0.528. The Balaban J connectivity index is 1.61. The highest BCUT2D eigenvalue weighted by atomic mass is 16.5. The van der Waals surface area contributed by atoms with Crippen LogP contribution in [0, 0.1) is 0 Å². The standard InChI is InChI=1S/C25H23NO2/c1-19(18-27-23-13-6-3-7-14-23)25(26-22-11-4-2-5-12-22)28-24-16-15-20-9-8-10-21(20)17-24/h2-7,11-18H,8-10H2,1H3/b19-18+,26-25-. The monoisotopic (exact) mass is 369 g/mol. The second-order valence-electron chi connectivity index (χ2n) is 6.87. The molecule has 4 rings (SSSR count). The number of rotatable bonds is 5. The molecule has 0 aromatic heterocycles. The van der Waals surface area contributed by atoms with Gasteiger partial charge in [0.2, 0.25) is 5.90 Å². The Morgan fingerprint density at radius 2 is 1.54 bits per heavy atom. The largest absolute Gasteiger partial charge is 0.465 e. The molecule has 140 valence electrons. The Hall–Kier alpha value is -3.33. The minimum Gasteiger partial charge on any atom is -0.465 e. The average Bonchev–Trinajstić information content (AvgIpc) is 3.21. The summed E-state index contributed by atoms with van der Waals surface area (Å²) in [5, 5.41) is 0. The van der Waals surface area contributed by atoms with Crippen LogP contribution in [0.5, 0.6) is 11.5 Å². The molecule has 1 aliphatic carbocycles. The van der Waals surface area contributed by atoms with Crippen LogP contribution in [-0.2, 0) is 12.8 Å². The van der Waals surface area contributed by atoms with Crippen LogP contribution < -0.4 is 9.47 Å². The Labute approximate surface area is 166 Å². The van der Waals surface area contributed by atoms with E-state index in [9.17, 15) is 0 Å². The number of aryl methyl sites for hydroxylation is 2. The molecule has 0 radical (unpaired) electrons. The molecular formula is C25H23NO2. The molecule has 0 bridgehead atoms. The van der Waals surface area contributed by atoms with E-state index in [0.717, 1.165) is 35.6 Å². The molecule has 0 atom stereocenters. The van der Waals surface area contributed by atoms with Gasteiger partial charge in [0.15, 0.2) is 0 Å². The van der Waals surface area contributed by atoms with E-state index in [0.29, 0.717) is 5.90 Å². The highest BCUT2D eigenvalue weighted by Gasteiger charge is 2.13. The van der Waals surface area contributed by atoms with E-state index in [1.165, 1.54) is 17.5 Å². The third-order valence-corrected chi connectivity index (χ3v) is 4.72. The van der Waals surface area contributed by atoms with Gasteiger partial charge in [0.25, 0.3) is 0 Å². The molecule has 3 aromatic rings. The first kappa shape index (κ1) is 18.1. The van der Waals surface area contributed by atoms with Gasteiger partial charge in [0, 0.05) is 5.57 Å². The van der Waals surface area contributed by atoms with Crippen molar-refractivity contribution in [1.82, 2.24) is 0 Å². The van der Waals surface area contributed by atoms with Gasteiger partial charge in [0.1, 0.15) is 11.5 Å². The molecule has 0 amide bonds. The first-order valence-corrected chi connectivity index (χ1v) is 9.60. The lowest BCUT2D eigenvalue weighted by molar-refractivity contribution is 0.473. The summed E-state index contributed by atoms with van der Waals surface area (Å²) in [6.07, 6.45) is 5.17. The fourth-order valence-corrected chi connectivity index (χ4v) is 3.24. The topological polar surface area (TPSA) is 30.8 Å². The predicted octanol–water partition coefficient (Wildman–Crippen LogP) is 6.27. The normalized spacial score (nSPS) is 13.9. The molecular weight excluding hydrogens is 346 g/mol. The quantitative estimate of drug-likeness (QED) is 0.302. The minimum absolute atomic E-state index is 0.528. The molecule has 0 N–H and O–H groups in total. The highest BCUT2D eigenvalue weighted by molar-refractivity contribution is 5.96. The molecule has 3 aromatic carbocycles. The van der Waals surface area contributed by atoms with Crippen LogP contribution >= 0.6 is 0 Å². The third kappa shape index (κ3) is 4.49. The van der Waals surface area contributed by atoms with Crippen molar-refractivity contribution in [3.63, 3.8) is 0 Å². The van der Waals surface area contributed by atoms with Gasteiger partial charge < -0.3 is 9.47 Å². The molecule has 0 unspecified atom stereocenters. The van der Waals surface area contributed by atoms with Crippen molar-refractivity contribution < 1.29 is 9.47 Å². The number of nitrogens with zero attached hydrogens (tertiary/aromatic N) is 1. The van der Waals surface area contributed by atoms with Crippen molar-refractivity contribution in [3.8, 4) is 11.5 Å². The summed E-state index contributed by atoms with van der Waals surface area (Å²) in [7, 11) is 0. The Morgan fingerprint density at radius 3 is 2.32 bits per heavy atom. The second kappa shape index (κ2) is 8.57. The maximum atomic E-state index is 6.20.